The number of halogens is 1. The van der Waals surface area contributed by atoms with Gasteiger partial charge in [-0.2, -0.15) is 4.37 Å². The van der Waals surface area contributed by atoms with Crippen LogP contribution in [0.25, 0.3) is 0 Å². The van der Waals surface area contributed by atoms with Gasteiger partial charge in [-0.15, -0.1) is 0 Å². The third-order valence-corrected chi connectivity index (χ3v) is 4.14. The number of benzene rings is 1. The molecule has 1 aromatic carbocycles. The van der Waals surface area contributed by atoms with Crippen LogP contribution >= 0.6 is 23.3 Å². The van der Waals surface area contributed by atoms with Gasteiger partial charge in [0.15, 0.2) is 10.2 Å². The monoisotopic (exact) mass is 298 g/mol. The summed E-state index contributed by atoms with van der Waals surface area (Å²) < 4.78 is 18.7. The fourth-order valence-electron chi connectivity index (χ4n) is 1.32. The van der Waals surface area contributed by atoms with Gasteiger partial charge >= 0.3 is 0 Å². The van der Waals surface area contributed by atoms with Gasteiger partial charge in [0.2, 0.25) is 0 Å². The molecular formula is C11H11FN4OS2. The van der Waals surface area contributed by atoms with E-state index < -0.39 is 5.82 Å². The summed E-state index contributed by atoms with van der Waals surface area (Å²) in [4.78, 5) is 4.68. The summed E-state index contributed by atoms with van der Waals surface area (Å²) in [7, 11) is 0. The number of hydrogen-bond acceptors (Lipinski definition) is 6. The van der Waals surface area contributed by atoms with Crippen molar-refractivity contribution in [2.75, 3.05) is 0 Å². The number of rotatable bonds is 4. The van der Waals surface area contributed by atoms with Crippen LogP contribution in [0, 0.1) is 5.82 Å². The van der Waals surface area contributed by atoms with Gasteiger partial charge in [0.25, 0.3) is 0 Å². The number of aryl methyl sites for hydroxylation is 1. The van der Waals surface area contributed by atoms with Gasteiger partial charge in [0.05, 0.1) is 4.90 Å². The minimum Gasteiger partial charge on any atom is -0.409 e. The predicted octanol–water partition coefficient (Wildman–Crippen LogP) is 2.49. The molecule has 3 N–H and O–H groups in total. The Hall–Kier alpha value is -1.67. The van der Waals surface area contributed by atoms with E-state index in [1.54, 1.807) is 12.1 Å². The molecule has 19 heavy (non-hydrogen) atoms. The van der Waals surface area contributed by atoms with Crippen molar-refractivity contribution in [3.63, 3.8) is 0 Å². The molecular weight excluding hydrogens is 287 g/mol. The molecule has 0 radical (unpaired) electrons. The van der Waals surface area contributed by atoms with E-state index in [-0.39, 0.29) is 5.84 Å². The molecule has 8 heteroatoms. The molecule has 0 fully saturated rings. The second-order valence-electron chi connectivity index (χ2n) is 3.56. The maximum Gasteiger partial charge on any atom is 0.174 e. The average molecular weight is 298 g/mol. The summed E-state index contributed by atoms with van der Waals surface area (Å²) in [6.07, 6.45) is 0.752. The summed E-state index contributed by atoms with van der Waals surface area (Å²) in [5.41, 5.74) is 5.72. The second-order valence-corrected chi connectivity index (χ2v) is 5.60. The highest BCUT2D eigenvalue weighted by Crippen LogP contribution is 2.31. The van der Waals surface area contributed by atoms with E-state index in [4.69, 9.17) is 10.9 Å². The van der Waals surface area contributed by atoms with Gasteiger partial charge in [-0.1, -0.05) is 23.8 Å². The van der Waals surface area contributed by atoms with E-state index in [2.05, 4.69) is 14.5 Å². The summed E-state index contributed by atoms with van der Waals surface area (Å²) in [6.45, 7) is 1.96. The van der Waals surface area contributed by atoms with Crippen molar-refractivity contribution in [2.24, 2.45) is 10.9 Å². The maximum absolute atomic E-state index is 13.9. The van der Waals surface area contributed by atoms with E-state index in [1.165, 1.54) is 29.4 Å². The predicted molar refractivity (Wildman–Crippen MR) is 72.3 cm³/mol. The van der Waals surface area contributed by atoms with E-state index in [0.29, 0.717) is 14.8 Å². The minimum absolute atomic E-state index is 0.125. The molecule has 1 heterocycles. The third-order valence-electron chi connectivity index (χ3n) is 2.30. The number of oxime groups is 1. The minimum atomic E-state index is -0.442. The van der Waals surface area contributed by atoms with Gasteiger partial charge in [0.1, 0.15) is 11.6 Å². The molecule has 0 spiro atoms. The third kappa shape index (κ3) is 3.21. The van der Waals surface area contributed by atoms with Crippen LogP contribution < -0.4 is 5.73 Å². The molecule has 2 aromatic rings. The van der Waals surface area contributed by atoms with Crippen molar-refractivity contribution >= 4 is 29.1 Å². The molecule has 0 saturated carbocycles. The summed E-state index contributed by atoms with van der Waals surface area (Å²) in [5, 5.41) is 11.4. The molecule has 0 atom stereocenters. The second kappa shape index (κ2) is 5.98. The average Bonchev–Trinajstić information content (AvgIpc) is 2.88. The van der Waals surface area contributed by atoms with Crippen LogP contribution in [-0.2, 0) is 6.42 Å². The standard InChI is InChI=1S/C11H11FN4OS2/c1-2-9-14-11(19-16-9)18-8-4-3-6(5-7(8)12)10(13)15-17/h3-5,17H,2H2,1H3,(H2,13,15). The first-order valence-electron chi connectivity index (χ1n) is 5.42. The van der Waals surface area contributed by atoms with Crippen LogP contribution in [0.2, 0.25) is 0 Å². The van der Waals surface area contributed by atoms with E-state index in [1.807, 2.05) is 6.92 Å². The molecule has 0 aliphatic heterocycles. The Morgan fingerprint density at radius 3 is 2.95 bits per heavy atom. The first kappa shape index (κ1) is 13.8. The Labute approximate surface area is 117 Å². The number of amidine groups is 1. The van der Waals surface area contributed by atoms with Crippen LogP contribution in [0.3, 0.4) is 0 Å². The molecule has 2 rings (SSSR count). The zero-order valence-electron chi connectivity index (χ0n) is 10.00. The van der Waals surface area contributed by atoms with Gasteiger partial charge < -0.3 is 10.9 Å². The van der Waals surface area contributed by atoms with Crippen LogP contribution in [-0.4, -0.2) is 20.4 Å². The van der Waals surface area contributed by atoms with Crippen molar-refractivity contribution in [1.82, 2.24) is 9.36 Å². The summed E-state index contributed by atoms with van der Waals surface area (Å²) in [6, 6.07) is 4.38. The van der Waals surface area contributed by atoms with Crippen molar-refractivity contribution in [1.29, 1.82) is 0 Å². The molecule has 0 aliphatic rings. The number of nitrogens with two attached hydrogens (primary N) is 1. The fourth-order valence-corrected chi connectivity index (χ4v) is 2.98. The highest BCUT2D eigenvalue weighted by Gasteiger charge is 2.10. The molecule has 0 saturated heterocycles. The Morgan fingerprint density at radius 1 is 1.58 bits per heavy atom. The SMILES string of the molecule is CCc1nsc(Sc2ccc(C(N)=NO)cc2F)n1. The highest BCUT2D eigenvalue weighted by molar-refractivity contribution is 8.01. The fraction of sp³-hybridized carbons (Fsp3) is 0.182. The quantitative estimate of drug-likeness (QED) is 0.392. The zero-order chi connectivity index (χ0) is 13.8. The van der Waals surface area contributed by atoms with Crippen molar-refractivity contribution < 1.29 is 9.60 Å². The Morgan fingerprint density at radius 2 is 2.37 bits per heavy atom. The highest BCUT2D eigenvalue weighted by atomic mass is 32.2. The van der Waals surface area contributed by atoms with Crippen LogP contribution in [0.1, 0.15) is 18.3 Å². The van der Waals surface area contributed by atoms with E-state index >= 15 is 0 Å². The number of hydrogen-bond donors (Lipinski definition) is 2. The van der Waals surface area contributed by atoms with Crippen LogP contribution in [0.15, 0.2) is 32.6 Å². The first-order valence-corrected chi connectivity index (χ1v) is 7.01. The van der Waals surface area contributed by atoms with E-state index in [0.717, 1.165) is 12.2 Å². The molecule has 1 aromatic heterocycles. The maximum atomic E-state index is 13.9. The Bertz CT molecular complexity index is 614. The normalized spacial score (nSPS) is 11.8. The van der Waals surface area contributed by atoms with Crippen molar-refractivity contribution in [3.8, 4) is 0 Å². The largest absolute Gasteiger partial charge is 0.409 e. The lowest BCUT2D eigenvalue weighted by Gasteiger charge is -2.03. The lowest BCUT2D eigenvalue weighted by atomic mass is 10.2. The lowest BCUT2D eigenvalue weighted by molar-refractivity contribution is 0.318. The number of nitrogens with zero attached hydrogens (tertiary/aromatic N) is 3. The molecule has 0 aliphatic carbocycles. The van der Waals surface area contributed by atoms with Crippen LogP contribution in [0.5, 0.6) is 0 Å². The topological polar surface area (TPSA) is 84.4 Å². The van der Waals surface area contributed by atoms with Crippen LogP contribution in [0.4, 0.5) is 4.39 Å². The first-order chi connectivity index (χ1) is 9.13. The van der Waals surface area contributed by atoms with Gasteiger partial charge in [-0.25, -0.2) is 9.37 Å². The van der Waals surface area contributed by atoms with E-state index in [9.17, 15) is 4.39 Å². The Kier molecular flexibility index (Phi) is 4.33. The van der Waals surface area contributed by atoms with Gasteiger partial charge in [-0.3, -0.25) is 0 Å². The lowest BCUT2D eigenvalue weighted by Crippen LogP contribution is -2.13. The van der Waals surface area contributed by atoms with Crippen molar-refractivity contribution in [3.05, 3.63) is 35.4 Å². The van der Waals surface area contributed by atoms with Crippen molar-refractivity contribution in [2.45, 2.75) is 22.6 Å². The smallest absolute Gasteiger partial charge is 0.174 e. The van der Waals surface area contributed by atoms with Gasteiger partial charge in [-0.05, 0) is 29.7 Å². The zero-order valence-corrected chi connectivity index (χ0v) is 11.6. The molecule has 0 bridgehead atoms. The molecule has 0 unspecified atom stereocenters. The summed E-state index contributed by atoms with van der Waals surface area (Å²) in [5.74, 6) is 0.183. The summed E-state index contributed by atoms with van der Waals surface area (Å²) >= 11 is 2.44. The molecule has 100 valence electrons. The number of aromatic nitrogens is 2. The molecule has 5 nitrogen and oxygen atoms in total. The Balaban J connectivity index is 2.21. The van der Waals surface area contributed by atoms with Gasteiger partial charge in [0, 0.05) is 12.0 Å². The molecule has 0 amide bonds.